The van der Waals surface area contributed by atoms with E-state index in [-0.39, 0.29) is 11.3 Å². The number of nitrogens with two attached hydrogens (primary N) is 1. The van der Waals surface area contributed by atoms with Crippen LogP contribution in [-0.2, 0) is 4.79 Å². The van der Waals surface area contributed by atoms with E-state index in [4.69, 9.17) is 5.73 Å². The maximum absolute atomic E-state index is 11.3. The number of nitrogens with zero attached hydrogens (tertiary/aromatic N) is 1. The highest BCUT2D eigenvalue weighted by Gasteiger charge is 2.18. The molecular formula is C10H17N3O. The molecule has 0 aromatic rings. The van der Waals surface area contributed by atoms with Gasteiger partial charge in [0.05, 0.1) is 6.54 Å². The van der Waals surface area contributed by atoms with Crippen LogP contribution < -0.4 is 11.1 Å². The van der Waals surface area contributed by atoms with Crippen LogP contribution in [0.1, 0.15) is 20.8 Å². The molecule has 0 saturated heterocycles. The lowest BCUT2D eigenvalue weighted by atomic mass is 9.91. The van der Waals surface area contributed by atoms with Crippen molar-refractivity contribution in [3.8, 4) is 0 Å². The molecule has 0 aromatic carbocycles. The molecule has 1 aliphatic rings. The zero-order chi connectivity index (χ0) is 10.8. The Morgan fingerprint density at radius 1 is 1.57 bits per heavy atom. The average Bonchev–Trinajstić information content (AvgIpc) is 2.07. The first-order chi connectivity index (χ1) is 6.41. The zero-order valence-electron chi connectivity index (χ0n) is 8.92. The minimum absolute atomic E-state index is 0.125. The maximum Gasteiger partial charge on any atom is 0.269 e. The van der Waals surface area contributed by atoms with Crippen molar-refractivity contribution in [2.45, 2.75) is 20.8 Å². The first-order valence-corrected chi connectivity index (χ1v) is 4.71. The number of hydrogen-bond donors (Lipinski definition) is 2. The van der Waals surface area contributed by atoms with Gasteiger partial charge in [0, 0.05) is 17.7 Å². The highest BCUT2D eigenvalue weighted by Crippen LogP contribution is 2.20. The van der Waals surface area contributed by atoms with E-state index >= 15 is 0 Å². The Labute approximate surface area is 84.3 Å². The fourth-order valence-corrected chi connectivity index (χ4v) is 0.983. The number of allylic oxidation sites excluding steroid dienone is 1. The summed E-state index contributed by atoms with van der Waals surface area (Å²) in [6.07, 6.45) is 1.66. The van der Waals surface area contributed by atoms with Crippen LogP contribution >= 0.6 is 0 Å². The maximum atomic E-state index is 11.3. The van der Waals surface area contributed by atoms with Crippen LogP contribution in [0, 0.1) is 5.41 Å². The van der Waals surface area contributed by atoms with Crippen molar-refractivity contribution in [2.24, 2.45) is 16.1 Å². The van der Waals surface area contributed by atoms with Gasteiger partial charge >= 0.3 is 0 Å². The molecule has 0 atom stereocenters. The van der Waals surface area contributed by atoms with E-state index in [0.29, 0.717) is 24.5 Å². The number of rotatable bonds is 1. The monoisotopic (exact) mass is 195 g/mol. The molecule has 0 bridgehead atoms. The quantitative estimate of drug-likeness (QED) is 0.637. The van der Waals surface area contributed by atoms with Gasteiger partial charge in [0.1, 0.15) is 5.71 Å². The molecular weight excluding hydrogens is 178 g/mol. The Balaban J connectivity index is 2.86. The molecule has 0 saturated carbocycles. The van der Waals surface area contributed by atoms with Gasteiger partial charge in [-0.05, 0) is 6.08 Å². The van der Waals surface area contributed by atoms with Crippen molar-refractivity contribution in [2.75, 3.05) is 13.1 Å². The van der Waals surface area contributed by atoms with Crippen molar-refractivity contribution < 1.29 is 4.79 Å². The van der Waals surface area contributed by atoms with Crippen molar-refractivity contribution in [3.05, 3.63) is 11.8 Å². The van der Waals surface area contributed by atoms with Gasteiger partial charge in [0.25, 0.3) is 5.91 Å². The zero-order valence-corrected chi connectivity index (χ0v) is 8.92. The van der Waals surface area contributed by atoms with Gasteiger partial charge in [-0.15, -0.1) is 0 Å². The van der Waals surface area contributed by atoms with Gasteiger partial charge in [-0.2, -0.15) is 0 Å². The second-order valence-electron chi connectivity index (χ2n) is 4.37. The highest BCUT2D eigenvalue weighted by molar-refractivity contribution is 6.43. The molecule has 4 heteroatoms. The van der Waals surface area contributed by atoms with Gasteiger partial charge in [-0.1, -0.05) is 20.8 Å². The Bertz CT molecular complexity index is 297. The fourth-order valence-electron chi connectivity index (χ4n) is 0.983. The Kier molecular flexibility index (Phi) is 2.93. The average molecular weight is 195 g/mol. The molecule has 14 heavy (non-hydrogen) atoms. The molecule has 0 radical (unpaired) electrons. The molecule has 0 aromatic heterocycles. The molecule has 3 N–H and O–H groups in total. The predicted molar refractivity (Wildman–Crippen MR) is 57.0 cm³/mol. The fraction of sp³-hybridized carbons (Fsp3) is 0.600. The molecule has 0 aliphatic carbocycles. The van der Waals surface area contributed by atoms with Gasteiger partial charge in [0.2, 0.25) is 0 Å². The third-order valence-corrected chi connectivity index (χ3v) is 2.07. The Hall–Kier alpha value is -1.32. The first kappa shape index (κ1) is 10.8. The van der Waals surface area contributed by atoms with Gasteiger partial charge in [0.15, 0.2) is 0 Å². The summed E-state index contributed by atoms with van der Waals surface area (Å²) < 4.78 is 0. The molecule has 0 spiro atoms. The molecule has 0 fully saturated rings. The molecule has 1 rings (SSSR count). The van der Waals surface area contributed by atoms with E-state index in [9.17, 15) is 4.79 Å². The number of nitrogens with one attached hydrogen (secondary N) is 1. The summed E-state index contributed by atoms with van der Waals surface area (Å²) in [5.41, 5.74) is 6.83. The van der Waals surface area contributed by atoms with Crippen LogP contribution in [0.25, 0.3) is 0 Å². The topological polar surface area (TPSA) is 67.5 Å². The lowest BCUT2D eigenvalue weighted by molar-refractivity contribution is -0.114. The van der Waals surface area contributed by atoms with E-state index in [1.165, 1.54) is 0 Å². The van der Waals surface area contributed by atoms with Crippen molar-refractivity contribution >= 4 is 11.6 Å². The largest absolute Gasteiger partial charge is 0.402 e. The molecule has 0 unspecified atom stereocenters. The molecule has 1 amide bonds. The third-order valence-electron chi connectivity index (χ3n) is 2.07. The standard InChI is InChI=1S/C10H17N3O/c1-10(2,3)8(11)6-7-9(14)13-5-4-12-7/h6H,4-5,11H2,1-3H3,(H,13,14)/b8-6-. The Morgan fingerprint density at radius 2 is 2.21 bits per heavy atom. The third kappa shape index (κ3) is 2.58. The number of carbonyl (C=O) groups excluding carboxylic acids is 1. The van der Waals surface area contributed by atoms with Crippen molar-refractivity contribution in [1.82, 2.24) is 5.32 Å². The number of aliphatic imine (C=N–C) groups is 1. The molecule has 78 valence electrons. The predicted octanol–water partition coefficient (Wildman–Crippen LogP) is 0.446. The lowest BCUT2D eigenvalue weighted by Gasteiger charge is -2.19. The van der Waals surface area contributed by atoms with Gasteiger partial charge in [-0.3, -0.25) is 9.79 Å². The minimum Gasteiger partial charge on any atom is -0.402 e. The summed E-state index contributed by atoms with van der Waals surface area (Å²) in [6.45, 7) is 7.25. The second-order valence-corrected chi connectivity index (χ2v) is 4.37. The first-order valence-electron chi connectivity index (χ1n) is 4.71. The van der Waals surface area contributed by atoms with Gasteiger partial charge in [-0.25, -0.2) is 0 Å². The number of amides is 1. The van der Waals surface area contributed by atoms with E-state index in [1.54, 1.807) is 6.08 Å². The number of hydrogen-bond acceptors (Lipinski definition) is 3. The normalized spacial score (nSPS) is 18.9. The Morgan fingerprint density at radius 3 is 2.71 bits per heavy atom. The summed E-state index contributed by atoms with van der Waals surface area (Å²) in [6, 6.07) is 0. The highest BCUT2D eigenvalue weighted by atomic mass is 16.1. The van der Waals surface area contributed by atoms with E-state index in [2.05, 4.69) is 10.3 Å². The van der Waals surface area contributed by atoms with Gasteiger partial charge < -0.3 is 11.1 Å². The van der Waals surface area contributed by atoms with E-state index in [1.807, 2.05) is 20.8 Å². The summed E-state index contributed by atoms with van der Waals surface area (Å²) in [4.78, 5) is 15.4. The van der Waals surface area contributed by atoms with Crippen LogP contribution in [0.4, 0.5) is 0 Å². The summed E-state index contributed by atoms with van der Waals surface area (Å²) in [5.74, 6) is -0.136. The molecule has 4 nitrogen and oxygen atoms in total. The summed E-state index contributed by atoms with van der Waals surface area (Å²) in [5, 5.41) is 2.72. The van der Waals surface area contributed by atoms with Crippen LogP contribution in [0.5, 0.6) is 0 Å². The van der Waals surface area contributed by atoms with Crippen LogP contribution in [-0.4, -0.2) is 24.7 Å². The van der Waals surface area contributed by atoms with Crippen LogP contribution in [0.15, 0.2) is 16.8 Å². The van der Waals surface area contributed by atoms with Crippen LogP contribution in [0.2, 0.25) is 0 Å². The number of carbonyl (C=O) groups is 1. The van der Waals surface area contributed by atoms with Crippen molar-refractivity contribution in [1.29, 1.82) is 0 Å². The summed E-state index contributed by atoms with van der Waals surface area (Å²) >= 11 is 0. The minimum atomic E-state index is -0.136. The lowest BCUT2D eigenvalue weighted by Crippen LogP contribution is -2.37. The molecule has 1 aliphatic heterocycles. The SMILES string of the molecule is CC(C)(C)/C(N)=C/C1=NCCNC1=O. The smallest absolute Gasteiger partial charge is 0.269 e. The second kappa shape index (κ2) is 3.82. The van der Waals surface area contributed by atoms with E-state index < -0.39 is 0 Å². The molecule has 1 heterocycles. The van der Waals surface area contributed by atoms with E-state index in [0.717, 1.165) is 0 Å². The summed E-state index contributed by atoms with van der Waals surface area (Å²) in [7, 11) is 0. The van der Waals surface area contributed by atoms with Crippen LogP contribution in [0.3, 0.4) is 0 Å². The van der Waals surface area contributed by atoms with Crippen molar-refractivity contribution in [3.63, 3.8) is 0 Å².